The second-order valence-corrected chi connectivity index (χ2v) is 10.1. The molecule has 8 heteroatoms. The molecule has 1 aliphatic rings. The van der Waals surface area contributed by atoms with Crippen molar-refractivity contribution in [2.75, 3.05) is 13.1 Å². The van der Waals surface area contributed by atoms with Crippen LogP contribution in [0.2, 0.25) is 5.02 Å². The molecule has 3 rings (SSSR count). The molecule has 6 nitrogen and oxygen atoms in total. The van der Waals surface area contributed by atoms with Crippen molar-refractivity contribution >= 4 is 27.5 Å². The zero-order valence-electron chi connectivity index (χ0n) is 17.6. The Labute approximate surface area is 183 Å². The summed E-state index contributed by atoms with van der Waals surface area (Å²) < 4.78 is 33.4. The van der Waals surface area contributed by atoms with E-state index in [0.717, 1.165) is 11.1 Å². The van der Waals surface area contributed by atoms with E-state index < -0.39 is 10.0 Å². The number of halogens is 1. The van der Waals surface area contributed by atoms with Gasteiger partial charge in [0.1, 0.15) is 4.90 Å². The van der Waals surface area contributed by atoms with Gasteiger partial charge in [-0.2, -0.15) is 4.31 Å². The number of morpholine rings is 1. The first-order valence-corrected chi connectivity index (χ1v) is 11.7. The highest BCUT2D eigenvalue weighted by Gasteiger charge is 2.34. The van der Waals surface area contributed by atoms with Gasteiger partial charge in [-0.15, -0.1) is 0 Å². The molecule has 162 valence electrons. The molecular formula is C22H27ClN2O4S. The molecule has 1 aliphatic heterocycles. The number of nitrogens with one attached hydrogen (secondary N) is 1. The average Bonchev–Trinajstić information content (AvgIpc) is 2.67. The van der Waals surface area contributed by atoms with Crippen LogP contribution in [0.3, 0.4) is 0 Å². The smallest absolute Gasteiger partial charge is 0.251 e. The van der Waals surface area contributed by atoms with Gasteiger partial charge in [-0.1, -0.05) is 41.4 Å². The molecule has 2 aromatic carbocycles. The SMILES string of the molecule is Cc1ccc(C(C)NC(=O)c2ccc(Cl)c(S(=O)(=O)N3CC(C)OC(C)C3)c2)cc1. The van der Waals surface area contributed by atoms with Crippen LogP contribution in [0.15, 0.2) is 47.4 Å². The summed E-state index contributed by atoms with van der Waals surface area (Å²) in [5.74, 6) is -0.361. The molecule has 1 heterocycles. The number of sulfonamides is 1. The van der Waals surface area contributed by atoms with Gasteiger partial charge in [-0.25, -0.2) is 8.42 Å². The van der Waals surface area contributed by atoms with E-state index in [9.17, 15) is 13.2 Å². The zero-order valence-corrected chi connectivity index (χ0v) is 19.1. The van der Waals surface area contributed by atoms with Crippen LogP contribution in [-0.2, 0) is 14.8 Å². The molecule has 0 aromatic heterocycles. The summed E-state index contributed by atoms with van der Waals surface area (Å²) in [4.78, 5) is 12.7. The molecule has 0 aliphatic carbocycles. The molecule has 30 heavy (non-hydrogen) atoms. The maximum Gasteiger partial charge on any atom is 0.251 e. The first-order valence-electron chi connectivity index (χ1n) is 9.90. The fourth-order valence-electron chi connectivity index (χ4n) is 3.53. The molecule has 0 bridgehead atoms. The molecule has 1 amide bonds. The fourth-order valence-corrected chi connectivity index (χ4v) is 5.62. The number of aryl methyl sites for hydroxylation is 1. The monoisotopic (exact) mass is 450 g/mol. The van der Waals surface area contributed by atoms with Crippen LogP contribution in [0.5, 0.6) is 0 Å². The van der Waals surface area contributed by atoms with E-state index in [-0.39, 0.29) is 52.7 Å². The normalized spacial score (nSPS) is 21.2. The number of benzene rings is 2. The topological polar surface area (TPSA) is 75.7 Å². The third kappa shape index (κ3) is 5.03. The second kappa shape index (κ2) is 9.06. The Hall–Kier alpha value is -1.93. The predicted octanol–water partition coefficient (Wildman–Crippen LogP) is 3.94. The van der Waals surface area contributed by atoms with Crippen LogP contribution in [0.4, 0.5) is 0 Å². The van der Waals surface area contributed by atoms with E-state index in [0.29, 0.717) is 0 Å². The van der Waals surface area contributed by atoms with Gasteiger partial charge < -0.3 is 10.1 Å². The number of hydrogen-bond acceptors (Lipinski definition) is 4. The molecule has 0 spiro atoms. The van der Waals surface area contributed by atoms with Crippen LogP contribution >= 0.6 is 11.6 Å². The lowest BCUT2D eigenvalue weighted by atomic mass is 10.1. The molecule has 0 saturated carbocycles. The van der Waals surface area contributed by atoms with Crippen molar-refractivity contribution in [3.63, 3.8) is 0 Å². The van der Waals surface area contributed by atoms with Crippen molar-refractivity contribution in [1.82, 2.24) is 9.62 Å². The average molecular weight is 451 g/mol. The summed E-state index contributed by atoms with van der Waals surface area (Å²) in [5, 5.41) is 3.00. The van der Waals surface area contributed by atoms with Gasteiger partial charge >= 0.3 is 0 Å². The number of amides is 1. The molecule has 3 unspecified atom stereocenters. The van der Waals surface area contributed by atoms with Crippen LogP contribution in [0.25, 0.3) is 0 Å². The number of nitrogens with zero attached hydrogens (tertiary/aromatic N) is 1. The quantitative estimate of drug-likeness (QED) is 0.748. The summed E-state index contributed by atoms with van der Waals surface area (Å²) in [7, 11) is -3.86. The van der Waals surface area contributed by atoms with Gasteiger partial charge in [0.15, 0.2) is 0 Å². The highest BCUT2D eigenvalue weighted by atomic mass is 35.5. The summed E-state index contributed by atoms with van der Waals surface area (Å²) in [5.41, 5.74) is 2.34. The minimum absolute atomic E-state index is 0.0684. The summed E-state index contributed by atoms with van der Waals surface area (Å²) in [6.45, 7) is 8.02. The maximum atomic E-state index is 13.2. The Morgan fingerprint density at radius 1 is 1.13 bits per heavy atom. The largest absolute Gasteiger partial charge is 0.373 e. The van der Waals surface area contributed by atoms with Crippen LogP contribution in [0, 0.1) is 6.92 Å². The minimum atomic E-state index is -3.86. The molecule has 1 saturated heterocycles. The maximum absolute atomic E-state index is 13.2. The van der Waals surface area contributed by atoms with Gasteiger partial charge in [-0.05, 0) is 51.5 Å². The number of carbonyl (C=O) groups excluding carboxylic acids is 1. The first kappa shape index (κ1) is 22.7. The Balaban J connectivity index is 1.83. The Morgan fingerprint density at radius 2 is 1.73 bits per heavy atom. The fraction of sp³-hybridized carbons (Fsp3) is 0.409. The highest BCUT2D eigenvalue weighted by molar-refractivity contribution is 7.89. The lowest BCUT2D eigenvalue weighted by molar-refractivity contribution is -0.0440. The number of ether oxygens (including phenoxy) is 1. The van der Waals surface area contributed by atoms with Gasteiger partial charge in [0.2, 0.25) is 10.0 Å². The molecular weight excluding hydrogens is 424 g/mol. The predicted molar refractivity (Wildman–Crippen MR) is 117 cm³/mol. The van der Waals surface area contributed by atoms with E-state index in [1.807, 2.05) is 52.0 Å². The van der Waals surface area contributed by atoms with E-state index in [4.69, 9.17) is 16.3 Å². The lowest BCUT2D eigenvalue weighted by Gasteiger charge is -2.34. The first-order chi connectivity index (χ1) is 14.1. The standard InChI is InChI=1S/C22H27ClN2O4S/c1-14-5-7-18(8-6-14)17(4)24-22(26)19-9-10-20(23)21(11-19)30(27,28)25-12-15(2)29-16(3)13-25/h5-11,15-17H,12-13H2,1-4H3,(H,24,26). The van der Waals surface area contributed by atoms with Gasteiger partial charge in [0, 0.05) is 18.7 Å². The van der Waals surface area contributed by atoms with Crippen molar-refractivity contribution in [1.29, 1.82) is 0 Å². The summed E-state index contributed by atoms with van der Waals surface area (Å²) in [6.07, 6.45) is -0.437. The van der Waals surface area contributed by atoms with Gasteiger partial charge in [-0.3, -0.25) is 4.79 Å². The highest BCUT2D eigenvalue weighted by Crippen LogP contribution is 2.28. The zero-order chi connectivity index (χ0) is 22.1. The third-order valence-corrected chi connectivity index (χ3v) is 7.44. The molecule has 2 aromatic rings. The van der Waals surface area contributed by atoms with Crippen LogP contribution < -0.4 is 5.32 Å². The Kier molecular flexibility index (Phi) is 6.87. The van der Waals surface area contributed by atoms with Crippen molar-refractivity contribution in [3.05, 3.63) is 64.2 Å². The van der Waals surface area contributed by atoms with Crippen LogP contribution in [0.1, 0.15) is 48.3 Å². The number of hydrogen-bond donors (Lipinski definition) is 1. The number of rotatable bonds is 5. The Morgan fingerprint density at radius 3 is 2.33 bits per heavy atom. The lowest BCUT2D eigenvalue weighted by Crippen LogP contribution is -2.48. The van der Waals surface area contributed by atoms with Gasteiger partial charge in [0.05, 0.1) is 23.3 Å². The van der Waals surface area contributed by atoms with Gasteiger partial charge in [0.25, 0.3) is 5.91 Å². The Bertz CT molecular complexity index is 1010. The van der Waals surface area contributed by atoms with Crippen molar-refractivity contribution in [3.8, 4) is 0 Å². The summed E-state index contributed by atoms with van der Waals surface area (Å²) in [6, 6.07) is 12.0. The van der Waals surface area contributed by atoms with E-state index >= 15 is 0 Å². The van der Waals surface area contributed by atoms with E-state index in [1.165, 1.54) is 22.5 Å². The number of carbonyl (C=O) groups is 1. The molecule has 3 atom stereocenters. The van der Waals surface area contributed by atoms with Crippen LogP contribution in [-0.4, -0.2) is 43.9 Å². The molecule has 0 radical (unpaired) electrons. The van der Waals surface area contributed by atoms with Crippen molar-refractivity contribution < 1.29 is 17.9 Å². The van der Waals surface area contributed by atoms with E-state index in [1.54, 1.807) is 0 Å². The second-order valence-electron chi connectivity index (χ2n) is 7.83. The van der Waals surface area contributed by atoms with Crippen molar-refractivity contribution in [2.45, 2.75) is 50.8 Å². The summed E-state index contributed by atoms with van der Waals surface area (Å²) >= 11 is 6.23. The minimum Gasteiger partial charge on any atom is -0.373 e. The van der Waals surface area contributed by atoms with Crippen molar-refractivity contribution in [2.24, 2.45) is 0 Å². The molecule has 1 N–H and O–H groups in total. The molecule has 1 fully saturated rings. The van der Waals surface area contributed by atoms with E-state index in [2.05, 4.69) is 5.32 Å². The third-order valence-electron chi connectivity index (χ3n) is 5.12.